The van der Waals surface area contributed by atoms with Gasteiger partial charge in [0.15, 0.2) is 0 Å². The summed E-state index contributed by atoms with van der Waals surface area (Å²) < 4.78 is 0. The Balaban J connectivity index is 1.70. The van der Waals surface area contributed by atoms with Gasteiger partial charge >= 0.3 is 6.03 Å². The van der Waals surface area contributed by atoms with Gasteiger partial charge in [0.2, 0.25) is 5.91 Å². The largest absolute Gasteiger partial charge is 0.395 e. The maximum Gasteiger partial charge on any atom is 0.321 e. The van der Waals surface area contributed by atoms with Gasteiger partial charge in [0.1, 0.15) is 0 Å². The van der Waals surface area contributed by atoms with Gasteiger partial charge in [-0.2, -0.15) is 0 Å². The van der Waals surface area contributed by atoms with E-state index in [9.17, 15) is 9.59 Å². The van der Waals surface area contributed by atoms with E-state index in [4.69, 9.17) is 5.11 Å². The summed E-state index contributed by atoms with van der Waals surface area (Å²) >= 11 is 0. The summed E-state index contributed by atoms with van der Waals surface area (Å²) in [5.41, 5.74) is 0. The van der Waals surface area contributed by atoms with Crippen molar-refractivity contribution >= 4 is 11.9 Å². The SMILES string of the molecule is O=C(CN1CCCC1CO)NC(=O)NC1CC1. The molecule has 2 aliphatic rings. The third kappa shape index (κ3) is 3.67. The zero-order valence-electron chi connectivity index (χ0n) is 9.82. The number of carbonyl (C=O) groups is 2. The maximum absolute atomic E-state index is 11.6. The van der Waals surface area contributed by atoms with Gasteiger partial charge in [-0.05, 0) is 32.2 Å². The number of urea groups is 1. The number of likely N-dealkylation sites (tertiary alicyclic amines) is 1. The standard InChI is InChI=1S/C11H19N3O3/c15-7-9-2-1-5-14(9)6-10(16)13-11(17)12-8-3-4-8/h8-9,15H,1-7H2,(H2,12,13,16,17). The van der Waals surface area contributed by atoms with Crippen LogP contribution in [0, 0.1) is 0 Å². The maximum atomic E-state index is 11.6. The minimum absolute atomic E-state index is 0.0623. The second-order valence-electron chi connectivity index (χ2n) is 4.75. The molecule has 96 valence electrons. The monoisotopic (exact) mass is 241 g/mol. The van der Waals surface area contributed by atoms with Crippen LogP contribution in [0.3, 0.4) is 0 Å². The lowest BCUT2D eigenvalue weighted by Crippen LogP contribution is -2.46. The molecule has 0 aromatic heterocycles. The van der Waals surface area contributed by atoms with E-state index in [0.29, 0.717) is 0 Å². The van der Waals surface area contributed by atoms with Gasteiger partial charge in [0.25, 0.3) is 0 Å². The fourth-order valence-electron chi connectivity index (χ4n) is 2.11. The van der Waals surface area contributed by atoms with Gasteiger partial charge in [-0.15, -0.1) is 0 Å². The van der Waals surface area contributed by atoms with Crippen molar-refractivity contribution in [3.8, 4) is 0 Å². The van der Waals surface area contributed by atoms with Crippen molar-refractivity contribution < 1.29 is 14.7 Å². The van der Waals surface area contributed by atoms with Crippen LogP contribution in [0.1, 0.15) is 25.7 Å². The lowest BCUT2D eigenvalue weighted by Gasteiger charge is -2.21. The highest BCUT2D eigenvalue weighted by Gasteiger charge is 2.27. The van der Waals surface area contributed by atoms with Gasteiger partial charge in [-0.1, -0.05) is 0 Å². The van der Waals surface area contributed by atoms with E-state index in [2.05, 4.69) is 10.6 Å². The second kappa shape index (κ2) is 5.46. The zero-order chi connectivity index (χ0) is 12.3. The molecule has 2 fully saturated rings. The predicted molar refractivity (Wildman–Crippen MR) is 61.4 cm³/mol. The number of aliphatic hydroxyl groups excluding tert-OH is 1. The Morgan fingerprint density at radius 2 is 2.06 bits per heavy atom. The molecule has 3 N–H and O–H groups in total. The number of rotatable bonds is 4. The summed E-state index contributed by atoms with van der Waals surface area (Å²) in [6.07, 6.45) is 3.91. The molecule has 0 bridgehead atoms. The smallest absolute Gasteiger partial charge is 0.321 e. The normalized spacial score (nSPS) is 24.6. The first-order valence-corrected chi connectivity index (χ1v) is 6.14. The predicted octanol–water partition coefficient (Wildman–Crippen LogP) is -0.569. The van der Waals surface area contributed by atoms with Crippen molar-refractivity contribution in [2.24, 2.45) is 0 Å². The number of carbonyl (C=O) groups excluding carboxylic acids is 2. The lowest BCUT2D eigenvalue weighted by atomic mass is 10.2. The van der Waals surface area contributed by atoms with Crippen LogP contribution in [0.5, 0.6) is 0 Å². The minimum Gasteiger partial charge on any atom is -0.395 e. The average Bonchev–Trinajstić information content (AvgIpc) is 2.95. The van der Waals surface area contributed by atoms with Crippen LogP contribution in [0.15, 0.2) is 0 Å². The highest BCUT2D eigenvalue weighted by molar-refractivity contribution is 5.95. The van der Waals surface area contributed by atoms with E-state index < -0.39 is 6.03 Å². The number of aliphatic hydroxyl groups is 1. The molecule has 1 saturated carbocycles. The van der Waals surface area contributed by atoms with Crippen molar-refractivity contribution in [3.05, 3.63) is 0 Å². The van der Waals surface area contributed by atoms with E-state index in [1.165, 1.54) is 0 Å². The molecule has 6 nitrogen and oxygen atoms in total. The molecule has 0 aromatic rings. The Hall–Kier alpha value is -1.14. The quantitative estimate of drug-likeness (QED) is 0.616. The van der Waals surface area contributed by atoms with Crippen LogP contribution < -0.4 is 10.6 Å². The van der Waals surface area contributed by atoms with Gasteiger partial charge in [-0.3, -0.25) is 15.0 Å². The molecule has 1 heterocycles. The van der Waals surface area contributed by atoms with Crippen LogP contribution in [-0.2, 0) is 4.79 Å². The van der Waals surface area contributed by atoms with E-state index in [-0.39, 0.29) is 31.1 Å². The first-order valence-electron chi connectivity index (χ1n) is 6.14. The molecule has 2 rings (SSSR count). The molecular formula is C11H19N3O3. The molecule has 1 aliphatic heterocycles. The first kappa shape index (κ1) is 12.3. The summed E-state index contributed by atoms with van der Waals surface area (Å²) in [7, 11) is 0. The van der Waals surface area contributed by atoms with Crippen molar-refractivity contribution in [2.45, 2.75) is 37.8 Å². The van der Waals surface area contributed by atoms with Crippen LogP contribution in [0.25, 0.3) is 0 Å². The molecule has 0 aromatic carbocycles. The van der Waals surface area contributed by atoms with Crippen LogP contribution in [0.4, 0.5) is 4.79 Å². The summed E-state index contributed by atoms with van der Waals surface area (Å²) in [6, 6.07) is -0.0933. The van der Waals surface area contributed by atoms with Crippen LogP contribution >= 0.6 is 0 Å². The fraction of sp³-hybridized carbons (Fsp3) is 0.818. The first-order chi connectivity index (χ1) is 8.19. The van der Waals surface area contributed by atoms with Crippen LogP contribution in [-0.4, -0.2) is 53.7 Å². The number of imide groups is 1. The molecule has 3 amide bonds. The Morgan fingerprint density at radius 3 is 2.71 bits per heavy atom. The Labute approximate surface area is 100 Å². The molecule has 17 heavy (non-hydrogen) atoms. The summed E-state index contributed by atoms with van der Waals surface area (Å²) in [5.74, 6) is -0.302. The summed E-state index contributed by atoms with van der Waals surface area (Å²) in [6.45, 7) is 1.06. The third-order valence-electron chi connectivity index (χ3n) is 3.22. The van der Waals surface area contributed by atoms with E-state index in [0.717, 1.165) is 32.2 Å². The summed E-state index contributed by atoms with van der Waals surface area (Å²) in [5, 5.41) is 14.1. The second-order valence-corrected chi connectivity index (χ2v) is 4.75. The van der Waals surface area contributed by atoms with Gasteiger partial charge < -0.3 is 10.4 Å². The van der Waals surface area contributed by atoms with E-state index in [1.54, 1.807) is 0 Å². The van der Waals surface area contributed by atoms with E-state index >= 15 is 0 Å². The van der Waals surface area contributed by atoms with Crippen molar-refractivity contribution in [2.75, 3.05) is 19.7 Å². The van der Waals surface area contributed by atoms with Gasteiger partial charge in [-0.25, -0.2) is 4.79 Å². The Morgan fingerprint density at radius 1 is 1.29 bits per heavy atom. The topological polar surface area (TPSA) is 81.7 Å². The Kier molecular flexibility index (Phi) is 3.96. The number of hydrogen-bond acceptors (Lipinski definition) is 4. The molecule has 1 saturated heterocycles. The molecule has 1 aliphatic carbocycles. The molecule has 6 heteroatoms. The number of nitrogens with zero attached hydrogens (tertiary/aromatic N) is 1. The molecule has 0 radical (unpaired) electrons. The minimum atomic E-state index is -0.405. The van der Waals surface area contributed by atoms with Crippen molar-refractivity contribution in [1.29, 1.82) is 0 Å². The van der Waals surface area contributed by atoms with Crippen molar-refractivity contribution in [1.82, 2.24) is 15.5 Å². The third-order valence-corrected chi connectivity index (χ3v) is 3.22. The molecular weight excluding hydrogens is 222 g/mol. The number of nitrogens with one attached hydrogen (secondary N) is 2. The van der Waals surface area contributed by atoms with Gasteiger partial charge in [0.05, 0.1) is 13.2 Å². The average molecular weight is 241 g/mol. The van der Waals surface area contributed by atoms with Crippen molar-refractivity contribution in [3.63, 3.8) is 0 Å². The van der Waals surface area contributed by atoms with Gasteiger partial charge in [0, 0.05) is 12.1 Å². The highest BCUT2D eigenvalue weighted by atomic mass is 16.3. The zero-order valence-corrected chi connectivity index (χ0v) is 9.82. The van der Waals surface area contributed by atoms with E-state index in [1.807, 2.05) is 4.90 Å². The van der Waals surface area contributed by atoms with Crippen LogP contribution in [0.2, 0.25) is 0 Å². The summed E-state index contributed by atoms with van der Waals surface area (Å²) in [4.78, 5) is 24.8. The molecule has 1 atom stereocenters. The fourth-order valence-corrected chi connectivity index (χ4v) is 2.11. The molecule has 0 spiro atoms. The number of hydrogen-bond donors (Lipinski definition) is 3. The highest BCUT2D eigenvalue weighted by Crippen LogP contribution is 2.18. The Bertz CT molecular complexity index is 304. The molecule has 1 unspecified atom stereocenters. The lowest BCUT2D eigenvalue weighted by molar-refractivity contribution is -0.121. The number of amides is 3.